The molecule has 35 heavy (non-hydrogen) atoms. The van der Waals surface area contributed by atoms with Crippen LogP contribution >= 0.6 is 0 Å². The van der Waals surface area contributed by atoms with Crippen LogP contribution in [0.25, 0.3) is 0 Å². The summed E-state index contributed by atoms with van der Waals surface area (Å²) >= 11 is 0. The predicted molar refractivity (Wildman–Crippen MR) is 122 cm³/mol. The lowest BCUT2D eigenvalue weighted by atomic mass is 10.0. The SMILES string of the molecule is Cc1nc(CC(=O)NN2CCCCC2)c(C2OCCO2)c(N[C@H](C)c2cccc(C(F)F)c2F)n1. The molecule has 0 saturated carbocycles. The number of carbonyl (C=O) groups excluding carboxylic acids is 1. The molecule has 2 aliphatic rings. The number of halogens is 3. The van der Waals surface area contributed by atoms with Gasteiger partial charge in [0.05, 0.1) is 42.5 Å². The van der Waals surface area contributed by atoms with Crippen molar-refractivity contribution >= 4 is 11.7 Å². The molecule has 0 radical (unpaired) electrons. The number of hydrogen-bond donors (Lipinski definition) is 2. The largest absolute Gasteiger partial charge is 0.363 e. The lowest BCUT2D eigenvalue weighted by Crippen LogP contribution is -2.45. The maximum Gasteiger partial charge on any atom is 0.266 e. The lowest BCUT2D eigenvalue weighted by molar-refractivity contribution is -0.125. The number of hydrogen-bond acceptors (Lipinski definition) is 7. The highest BCUT2D eigenvalue weighted by atomic mass is 19.3. The highest BCUT2D eigenvalue weighted by molar-refractivity contribution is 5.78. The van der Waals surface area contributed by atoms with Gasteiger partial charge in [0.2, 0.25) is 5.91 Å². The topological polar surface area (TPSA) is 88.6 Å². The van der Waals surface area contributed by atoms with Gasteiger partial charge in [-0.1, -0.05) is 24.6 Å². The van der Waals surface area contributed by atoms with Gasteiger partial charge in [0.25, 0.3) is 6.43 Å². The van der Waals surface area contributed by atoms with Crippen molar-refractivity contribution in [3.05, 3.63) is 52.2 Å². The van der Waals surface area contributed by atoms with Crippen LogP contribution in [0.1, 0.15) is 73.2 Å². The first-order valence-corrected chi connectivity index (χ1v) is 11.8. The Bertz CT molecular complexity index is 1040. The van der Waals surface area contributed by atoms with Crippen LogP contribution in [0.3, 0.4) is 0 Å². The molecule has 1 aromatic carbocycles. The van der Waals surface area contributed by atoms with E-state index in [-0.39, 0.29) is 17.9 Å². The van der Waals surface area contributed by atoms with Crippen molar-refractivity contribution < 1.29 is 27.4 Å². The van der Waals surface area contributed by atoms with Crippen LogP contribution in [-0.4, -0.2) is 47.2 Å². The van der Waals surface area contributed by atoms with E-state index in [1.54, 1.807) is 13.8 Å². The number of aryl methyl sites for hydroxylation is 1. The second-order valence-electron chi connectivity index (χ2n) is 8.73. The summed E-state index contributed by atoms with van der Waals surface area (Å²) in [6.07, 6.45) is -0.568. The van der Waals surface area contributed by atoms with E-state index in [0.29, 0.717) is 36.1 Å². The molecule has 190 valence electrons. The van der Waals surface area contributed by atoms with Crippen LogP contribution in [0.5, 0.6) is 0 Å². The third-order valence-electron chi connectivity index (χ3n) is 6.07. The van der Waals surface area contributed by atoms with Gasteiger partial charge in [-0.25, -0.2) is 28.1 Å². The maximum atomic E-state index is 14.8. The number of rotatable bonds is 8. The molecule has 2 saturated heterocycles. The van der Waals surface area contributed by atoms with Crippen LogP contribution in [0.15, 0.2) is 18.2 Å². The summed E-state index contributed by atoms with van der Waals surface area (Å²) in [4.78, 5) is 21.8. The Balaban J connectivity index is 1.62. The van der Waals surface area contributed by atoms with E-state index in [9.17, 15) is 18.0 Å². The molecule has 0 unspecified atom stereocenters. The zero-order valence-corrected chi connectivity index (χ0v) is 19.8. The molecular formula is C24H30F3N5O3. The molecule has 2 aliphatic heterocycles. The van der Waals surface area contributed by atoms with E-state index in [4.69, 9.17) is 9.47 Å². The summed E-state index contributed by atoms with van der Waals surface area (Å²) in [6, 6.07) is 3.19. The van der Waals surface area contributed by atoms with E-state index in [1.165, 1.54) is 12.1 Å². The molecular weight excluding hydrogens is 463 g/mol. The number of alkyl halides is 2. The smallest absolute Gasteiger partial charge is 0.266 e. The van der Waals surface area contributed by atoms with Crippen molar-refractivity contribution in [3.63, 3.8) is 0 Å². The second kappa shape index (κ2) is 11.3. The fourth-order valence-electron chi connectivity index (χ4n) is 4.38. The van der Waals surface area contributed by atoms with Gasteiger partial charge < -0.3 is 14.8 Å². The quantitative estimate of drug-likeness (QED) is 0.572. The summed E-state index contributed by atoms with van der Waals surface area (Å²) in [5.74, 6) is -0.494. The third-order valence-corrected chi connectivity index (χ3v) is 6.07. The van der Waals surface area contributed by atoms with Gasteiger partial charge in [-0.05, 0) is 26.7 Å². The van der Waals surface area contributed by atoms with E-state index < -0.39 is 30.1 Å². The molecule has 8 nitrogen and oxygen atoms in total. The van der Waals surface area contributed by atoms with Crippen molar-refractivity contribution in [1.82, 2.24) is 20.4 Å². The second-order valence-corrected chi connectivity index (χ2v) is 8.73. The normalized spacial score (nSPS) is 18.1. The molecule has 0 aliphatic carbocycles. The Morgan fingerprint density at radius 3 is 2.51 bits per heavy atom. The summed E-state index contributed by atoms with van der Waals surface area (Å²) in [5.41, 5.74) is 3.21. The number of piperidine rings is 1. The van der Waals surface area contributed by atoms with Gasteiger partial charge >= 0.3 is 0 Å². The molecule has 3 heterocycles. The van der Waals surface area contributed by atoms with Gasteiger partial charge in [-0.3, -0.25) is 10.2 Å². The van der Waals surface area contributed by atoms with Gasteiger partial charge in [0, 0.05) is 18.7 Å². The number of carbonyl (C=O) groups is 1. The number of nitrogens with one attached hydrogen (secondary N) is 2. The van der Waals surface area contributed by atoms with Gasteiger partial charge in [0.15, 0.2) is 6.29 Å². The van der Waals surface area contributed by atoms with E-state index in [2.05, 4.69) is 20.7 Å². The van der Waals surface area contributed by atoms with Crippen LogP contribution in [0, 0.1) is 12.7 Å². The zero-order valence-electron chi connectivity index (χ0n) is 19.8. The highest BCUT2D eigenvalue weighted by Crippen LogP contribution is 2.34. The Morgan fingerprint density at radius 2 is 1.83 bits per heavy atom. The number of benzene rings is 1. The molecule has 0 spiro atoms. The van der Waals surface area contributed by atoms with Gasteiger partial charge in [-0.2, -0.15) is 0 Å². The standard InChI is InChI=1S/C24H30F3N5O3/c1-14(16-7-6-8-17(21(16)25)22(26)27)28-23-20(24-34-11-12-35-24)18(29-15(2)30-23)13-19(33)31-32-9-4-3-5-10-32/h6-8,14,22,24H,3-5,9-13H2,1-2H3,(H,31,33)(H,28,29,30)/t14-/m1/s1. The molecule has 1 atom stereocenters. The van der Waals surface area contributed by atoms with Crippen molar-refractivity contribution in [2.75, 3.05) is 31.6 Å². The maximum absolute atomic E-state index is 14.8. The summed E-state index contributed by atoms with van der Waals surface area (Å²) in [6.45, 7) is 5.64. The Kier molecular flexibility index (Phi) is 8.19. The predicted octanol–water partition coefficient (Wildman–Crippen LogP) is 4.14. The van der Waals surface area contributed by atoms with Crippen LogP contribution in [0.2, 0.25) is 0 Å². The van der Waals surface area contributed by atoms with Gasteiger partial charge in [0.1, 0.15) is 17.5 Å². The Morgan fingerprint density at radius 1 is 1.14 bits per heavy atom. The fourth-order valence-corrected chi connectivity index (χ4v) is 4.38. The van der Waals surface area contributed by atoms with E-state index in [1.807, 2.05) is 5.01 Å². The Hall–Kier alpha value is -2.76. The van der Waals surface area contributed by atoms with Crippen LogP contribution < -0.4 is 10.7 Å². The Labute approximate surface area is 202 Å². The first kappa shape index (κ1) is 25.3. The third kappa shape index (κ3) is 6.09. The van der Waals surface area contributed by atoms with Crippen molar-refractivity contribution in [3.8, 4) is 0 Å². The van der Waals surface area contributed by atoms with E-state index in [0.717, 1.165) is 38.4 Å². The molecule has 1 amide bonds. The summed E-state index contributed by atoms with van der Waals surface area (Å²) in [5, 5.41) is 5.01. The number of amides is 1. The minimum atomic E-state index is -2.93. The first-order valence-electron chi connectivity index (χ1n) is 11.8. The van der Waals surface area contributed by atoms with Crippen LogP contribution in [0.4, 0.5) is 19.0 Å². The molecule has 11 heteroatoms. The summed E-state index contributed by atoms with van der Waals surface area (Å²) < 4.78 is 52.6. The number of nitrogens with zero attached hydrogens (tertiary/aromatic N) is 3. The molecule has 2 N–H and O–H groups in total. The first-order chi connectivity index (χ1) is 16.8. The van der Waals surface area contributed by atoms with E-state index >= 15 is 0 Å². The summed E-state index contributed by atoms with van der Waals surface area (Å²) in [7, 11) is 0. The fraction of sp³-hybridized carbons (Fsp3) is 0.542. The highest BCUT2D eigenvalue weighted by Gasteiger charge is 2.30. The van der Waals surface area contributed by atoms with Crippen LogP contribution in [-0.2, 0) is 20.7 Å². The number of aromatic nitrogens is 2. The van der Waals surface area contributed by atoms with Crippen molar-refractivity contribution in [2.24, 2.45) is 0 Å². The molecule has 0 bridgehead atoms. The zero-order chi connectivity index (χ0) is 24.9. The number of hydrazine groups is 1. The van der Waals surface area contributed by atoms with Gasteiger partial charge in [-0.15, -0.1) is 0 Å². The molecule has 1 aromatic heterocycles. The monoisotopic (exact) mass is 493 g/mol. The number of ether oxygens (including phenoxy) is 2. The van der Waals surface area contributed by atoms with Crippen molar-refractivity contribution in [1.29, 1.82) is 0 Å². The molecule has 2 aromatic rings. The molecule has 2 fully saturated rings. The van der Waals surface area contributed by atoms with Crippen molar-refractivity contribution in [2.45, 2.75) is 58.3 Å². The minimum absolute atomic E-state index is 0.0310. The average Bonchev–Trinajstić information content (AvgIpc) is 3.33. The average molecular weight is 494 g/mol. The molecule has 4 rings (SSSR count). The lowest BCUT2D eigenvalue weighted by Gasteiger charge is -2.27. The minimum Gasteiger partial charge on any atom is -0.363 e. The number of anilines is 1.